The quantitative estimate of drug-likeness (QED) is 0.235. The van der Waals surface area contributed by atoms with E-state index in [-0.39, 0.29) is 33.7 Å². The fraction of sp³-hybridized carbons (Fsp3) is 0.344. The number of hydrogen-bond donors (Lipinski definition) is 0. The molecular formula is C32H29F4N5O4. The Balaban J connectivity index is 1.86. The van der Waals surface area contributed by atoms with Crippen LogP contribution in [0.2, 0.25) is 0 Å². The van der Waals surface area contributed by atoms with Crippen molar-refractivity contribution in [3.63, 3.8) is 0 Å². The second-order valence-electron chi connectivity index (χ2n) is 11.8. The lowest BCUT2D eigenvalue weighted by Crippen LogP contribution is -2.39. The molecule has 9 nitrogen and oxygen atoms in total. The number of fused-ring (bicyclic) bond motifs is 1. The molecule has 1 aliphatic rings. The third-order valence-electron chi connectivity index (χ3n) is 7.43. The van der Waals surface area contributed by atoms with Gasteiger partial charge in [0.15, 0.2) is 11.6 Å². The summed E-state index contributed by atoms with van der Waals surface area (Å²) in [7, 11) is 1.26. The SMILES string of the molecule is COc1ccc(-n2c(C3CC(C(F)(F)F)CN3C(=O)OC(C)(C)C)nc3c(-c4ccc(C)nc4)cc(C#N)cc3c2=O)cc1F. The second kappa shape index (κ2) is 11.5. The van der Waals surface area contributed by atoms with Crippen molar-refractivity contribution in [1.29, 1.82) is 5.26 Å². The number of nitrogens with zero attached hydrogens (tertiary/aromatic N) is 5. The lowest BCUT2D eigenvalue weighted by molar-refractivity contribution is -0.170. The van der Waals surface area contributed by atoms with Crippen LogP contribution < -0.4 is 10.3 Å². The highest BCUT2D eigenvalue weighted by Gasteiger charge is 2.51. The standard InChI is InChI=1S/C32H29F4N5O4/c1-17-6-7-19(15-38-17)22-10-18(14-37)11-23-27(22)39-28(41(29(23)42)21-8-9-26(44-5)24(33)13-21)25-12-20(32(34,35)36)16-40(25)30(43)45-31(2,3)4/h6-11,13,15,20,25H,12,16H2,1-5H3. The first kappa shape index (κ1) is 31.4. The molecule has 1 amide bonds. The molecule has 0 radical (unpaired) electrons. The van der Waals surface area contributed by atoms with Crippen LogP contribution in [0.3, 0.4) is 0 Å². The fourth-order valence-electron chi connectivity index (χ4n) is 5.33. The minimum absolute atomic E-state index is 0.0428. The molecule has 4 aromatic rings. The number of halogens is 4. The maximum atomic E-state index is 15.0. The third-order valence-corrected chi connectivity index (χ3v) is 7.43. The Bertz CT molecular complexity index is 1890. The number of benzene rings is 2. The van der Waals surface area contributed by atoms with Crippen molar-refractivity contribution in [3.05, 3.63) is 81.9 Å². The molecule has 0 N–H and O–H groups in total. The molecule has 2 unspecified atom stereocenters. The Kier molecular flexibility index (Phi) is 8.03. The van der Waals surface area contributed by atoms with Crippen LogP contribution in [0, 0.1) is 30.0 Å². The number of alkyl halides is 3. The van der Waals surface area contributed by atoms with Crippen LogP contribution in [0.4, 0.5) is 22.4 Å². The monoisotopic (exact) mass is 623 g/mol. The van der Waals surface area contributed by atoms with Gasteiger partial charge in [0, 0.05) is 35.6 Å². The maximum absolute atomic E-state index is 15.0. The predicted octanol–water partition coefficient (Wildman–Crippen LogP) is 6.64. The average Bonchev–Trinajstić information content (AvgIpc) is 3.43. The Labute approximate surface area is 255 Å². The summed E-state index contributed by atoms with van der Waals surface area (Å²) in [6.07, 6.45) is -4.80. The topological polar surface area (TPSA) is 110 Å². The molecule has 3 heterocycles. The van der Waals surface area contributed by atoms with Gasteiger partial charge in [-0.25, -0.2) is 14.2 Å². The van der Waals surface area contributed by atoms with Crippen LogP contribution in [0.1, 0.15) is 50.3 Å². The number of pyridine rings is 1. The first-order valence-corrected chi connectivity index (χ1v) is 14.0. The van der Waals surface area contributed by atoms with Crippen molar-refractivity contribution in [1.82, 2.24) is 19.4 Å². The summed E-state index contributed by atoms with van der Waals surface area (Å²) in [6.45, 7) is 5.78. The number of carbonyl (C=O) groups is 1. The van der Waals surface area contributed by atoms with Crippen LogP contribution in [-0.4, -0.2) is 51.0 Å². The molecule has 2 aromatic carbocycles. The van der Waals surface area contributed by atoms with Gasteiger partial charge in [0.25, 0.3) is 5.56 Å². The number of amides is 1. The van der Waals surface area contributed by atoms with E-state index in [0.717, 1.165) is 15.5 Å². The molecule has 234 valence electrons. The van der Waals surface area contributed by atoms with Gasteiger partial charge in [0.2, 0.25) is 0 Å². The van der Waals surface area contributed by atoms with E-state index in [1.54, 1.807) is 39.8 Å². The van der Waals surface area contributed by atoms with E-state index in [4.69, 9.17) is 14.5 Å². The van der Waals surface area contributed by atoms with Crippen LogP contribution in [-0.2, 0) is 4.74 Å². The molecule has 1 saturated heterocycles. The molecule has 1 aliphatic heterocycles. The van der Waals surface area contributed by atoms with Gasteiger partial charge in [-0.15, -0.1) is 0 Å². The van der Waals surface area contributed by atoms with Crippen LogP contribution >= 0.6 is 0 Å². The number of ether oxygens (including phenoxy) is 2. The normalized spacial score (nSPS) is 16.9. The first-order valence-electron chi connectivity index (χ1n) is 14.0. The number of aryl methyl sites for hydroxylation is 1. The molecule has 0 saturated carbocycles. The lowest BCUT2D eigenvalue weighted by atomic mass is 9.99. The summed E-state index contributed by atoms with van der Waals surface area (Å²) < 4.78 is 68.9. The highest BCUT2D eigenvalue weighted by molar-refractivity contribution is 5.94. The first-order chi connectivity index (χ1) is 21.1. The Morgan fingerprint density at radius 1 is 1.11 bits per heavy atom. The number of rotatable bonds is 4. The molecule has 2 aromatic heterocycles. The number of aromatic nitrogens is 3. The van der Waals surface area contributed by atoms with Gasteiger partial charge < -0.3 is 9.47 Å². The largest absolute Gasteiger partial charge is 0.494 e. The van der Waals surface area contributed by atoms with Crippen molar-refractivity contribution in [2.24, 2.45) is 5.92 Å². The van der Waals surface area contributed by atoms with E-state index >= 15 is 0 Å². The van der Waals surface area contributed by atoms with Gasteiger partial charge in [0.05, 0.1) is 47.3 Å². The minimum atomic E-state index is -4.68. The number of likely N-dealkylation sites (tertiary alicyclic amines) is 1. The molecule has 5 rings (SSSR count). The number of nitriles is 1. The summed E-state index contributed by atoms with van der Waals surface area (Å²) in [6, 6.07) is 10.5. The van der Waals surface area contributed by atoms with Gasteiger partial charge in [-0.3, -0.25) is 19.2 Å². The summed E-state index contributed by atoms with van der Waals surface area (Å²) in [5.41, 5.74) is -0.160. The molecule has 1 fully saturated rings. The highest BCUT2D eigenvalue weighted by Crippen LogP contribution is 2.44. The Morgan fingerprint density at radius 2 is 1.84 bits per heavy atom. The van der Waals surface area contributed by atoms with Gasteiger partial charge in [-0.1, -0.05) is 6.07 Å². The van der Waals surface area contributed by atoms with E-state index in [0.29, 0.717) is 16.8 Å². The molecule has 45 heavy (non-hydrogen) atoms. The zero-order valence-corrected chi connectivity index (χ0v) is 25.1. The van der Waals surface area contributed by atoms with E-state index in [1.165, 1.54) is 37.6 Å². The molecule has 13 heteroatoms. The number of methoxy groups -OCH3 is 1. The van der Waals surface area contributed by atoms with Crippen molar-refractivity contribution in [3.8, 4) is 28.6 Å². The third kappa shape index (κ3) is 6.18. The highest BCUT2D eigenvalue weighted by atomic mass is 19.4. The second-order valence-corrected chi connectivity index (χ2v) is 11.8. The van der Waals surface area contributed by atoms with Gasteiger partial charge in [-0.2, -0.15) is 18.4 Å². The smallest absolute Gasteiger partial charge is 0.410 e. The van der Waals surface area contributed by atoms with Gasteiger partial charge >= 0.3 is 12.3 Å². The summed E-state index contributed by atoms with van der Waals surface area (Å²) in [4.78, 5) is 37.6. The minimum Gasteiger partial charge on any atom is -0.494 e. The zero-order valence-electron chi connectivity index (χ0n) is 25.1. The summed E-state index contributed by atoms with van der Waals surface area (Å²) >= 11 is 0. The molecule has 0 spiro atoms. The van der Waals surface area contributed by atoms with E-state index in [1.807, 2.05) is 6.07 Å². The van der Waals surface area contributed by atoms with Crippen LogP contribution in [0.5, 0.6) is 5.75 Å². The number of carbonyl (C=O) groups excluding carboxylic acids is 1. The van der Waals surface area contributed by atoms with E-state index in [9.17, 15) is 32.4 Å². The van der Waals surface area contributed by atoms with Crippen molar-refractivity contribution < 1.29 is 31.8 Å². The average molecular weight is 624 g/mol. The van der Waals surface area contributed by atoms with E-state index < -0.39 is 54.2 Å². The molecule has 2 atom stereocenters. The number of hydrogen-bond acceptors (Lipinski definition) is 7. The fourth-order valence-corrected chi connectivity index (χ4v) is 5.33. The van der Waals surface area contributed by atoms with Crippen LogP contribution in [0.25, 0.3) is 27.7 Å². The zero-order chi connectivity index (χ0) is 32.8. The molecule has 0 aliphatic carbocycles. The molecule has 0 bridgehead atoms. The van der Waals surface area contributed by atoms with Crippen molar-refractivity contribution >= 4 is 17.0 Å². The predicted molar refractivity (Wildman–Crippen MR) is 156 cm³/mol. The summed E-state index contributed by atoms with van der Waals surface area (Å²) in [5.74, 6) is -3.16. The Hall–Kier alpha value is -4.99. The molecular weight excluding hydrogens is 594 g/mol. The van der Waals surface area contributed by atoms with Crippen LogP contribution in [0.15, 0.2) is 53.5 Å². The van der Waals surface area contributed by atoms with E-state index in [2.05, 4.69) is 4.98 Å². The Morgan fingerprint density at radius 3 is 2.42 bits per heavy atom. The van der Waals surface area contributed by atoms with Crippen molar-refractivity contribution in [2.75, 3.05) is 13.7 Å². The van der Waals surface area contributed by atoms with Crippen molar-refractivity contribution in [2.45, 2.75) is 51.9 Å². The summed E-state index contributed by atoms with van der Waals surface area (Å²) in [5, 5.41) is 9.74. The van der Waals surface area contributed by atoms with Gasteiger partial charge in [-0.05, 0) is 64.4 Å². The maximum Gasteiger partial charge on any atom is 0.410 e. The lowest BCUT2D eigenvalue weighted by Gasteiger charge is -2.29. The van der Waals surface area contributed by atoms with Gasteiger partial charge in [0.1, 0.15) is 11.4 Å².